The lowest BCUT2D eigenvalue weighted by atomic mass is 9.49. The third-order valence-corrected chi connectivity index (χ3v) is 10.8. The summed E-state index contributed by atoms with van der Waals surface area (Å²) < 4.78 is 0. The zero-order valence-corrected chi connectivity index (χ0v) is 26.2. The summed E-state index contributed by atoms with van der Waals surface area (Å²) in [5.41, 5.74) is 2.97. The number of hydrogen-bond donors (Lipinski definition) is 6. The molecule has 0 aromatic heterocycles. The summed E-state index contributed by atoms with van der Waals surface area (Å²) in [6, 6.07) is 20.7. The van der Waals surface area contributed by atoms with Crippen LogP contribution in [-0.4, -0.2) is 75.4 Å². The summed E-state index contributed by atoms with van der Waals surface area (Å²) in [6.07, 6.45) is 3.65. The summed E-state index contributed by atoms with van der Waals surface area (Å²) >= 11 is 0. The van der Waals surface area contributed by atoms with Crippen LogP contribution in [0, 0.1) is 0 Å². The number of carbonyl (C=O) groups excluding carboxylic acids is 3. The summed E-state index contributed by atoms with van der Waals surface area (Å²) in [4.78, 5) is 40.1. The van der Waals surface area contributed by atoms with Crippen LogP contribution in [0.2, 0.25) is 0 Å². The third kappa shape index (κ3) is 5.50. The molecule has 4 atom stereocenters. The molecule has 3 amide bonds. The number of nitrogens with zero attached hydrogens (tertiary/aromatic N) is 1. The Balaban J connectivity index is 1.07. The first-order valence-electron chi connectivity index (χ1n) is 16.4. The van der Waals surface area contributed by atoms with E-state index in [1.807, 2.05) is 48.5 Å². The fourth-order valence-corrected chi connectivity index (χ4v) is 8.36. The molecule has 2 heterocycles. The number of aliphatic hydroxyl groups excluding tert-OH is 1. The van der Waals surface area contributed by atoms with Gasteiger partial charge in [0.05, 0.1) is 11.2 Å². The lowest BCUT2D eigenvalue weighted by Gasteiger charge is -2.63. The van der Waals surface area contributed by atoms with Gasteiger partial charge in [-0.15, -0.1) is 0 Å². The van der Waals surface area contributed by atoms with Gasteiger partial charge in [-0.2, -0.15) is 0 Å². The molecule has 2 aliphatic carbocycles. The molecule has 3 aromatic carbocycles. The van der Waals surface area contributed by atoms with E-state index < -0.39 is 29.2 Å². The second-order valence-corrected chi connectivity index (χ2v) is 13.3. The van der Waals surface area contributed by atoms with Crippen LogP contribution in [0.1, 0.15) is 63.9 Å². The van der Waals surface area contributed by atoms with Gasteiger partial charge in [0.2, 0.25) is 0 Å². The SMILES string of the molecule is O=C1CC[C@@]2(O)[C@H]3Cc4ccc(C(=O)NCCc5ccc(C6=CNC(=O)NC6O)cc5)c(O)c4[C@@]2(CCN3CCc2ccccc2)C1. The fourth-order valence-electron chi connectivity index (χ4n) is 8.36. The number of likely N-dealkylation sites (tertiary alicyclic amines) is 1. The predicted octanol–water partition coefficient (Wildman–Crippen LogP) is 2.93. The van der Waals surface area contributed by atoms with Crippen LogP contribution >= 0.6 is 0 Å². The molecule has 4 aliphatic rings. The molecule has 244 valence electrons. The van der Waals surface area contributed by atoms with E-state index in [1.54, 1.807) is 6.07 Å². The molecule has 2 bridgehead atoms. The molecule has 10 heteroatoms. The van der Waals surface area contributed by atoms with E-state index in [0.717, 1.165) is 29.7 Å². The van der Waals surface area contributed by atoms with Crippen molar-refractivity contribution in [3.8, 4) is 5.75 Å². The van der Waals surface area contributed by atoms with Gasteiger partial charge < -0.3 is 31.3 Å². The molecule has 2 fully saturated rings. The number of nitrogens with one attached hydrogen (secondary N) is 3. The van der Waals surface area contributed by atoms with Crippen molar-refractivity contribution in [1.82, 2.24) is 20.9 Å². The first kappa shape index (κ1) is 31.1. The van der Waals surface area contributed by atoms with E-state index in [9.17, 15) is 29.7 Å². The molecule has 2 aliphatic heterocycles. The maximum atomic E-state index is 13.4. The molecule has 10 nitrogen and oxygen atoms in total. The van der Waals surface area contributed by atoms with Gasteiger partial charge >= 0.3 is 6.03 Å². The van der Waals surface area contributed by atoms with Crippen LogP contribution in [0.4, 0.5) is 4.79 Å². The number of phenolic OH excluding ortho intramolecular Hbond substituents is 1. The molecule has 1 saturated carbocycles. The Labute approximate surface area is 273 Å². The molecule has 6 N–H and O–H groups in total. The lowest BCUT2D eigenvalue weighted by molar-refractivity contribution is -0.172. The van der Waals surface area contributed by atoms with Gasteiger partial charge in [0, 0.05) is 54.7 Å². The number of ketones is 1. The largest absolute Gasteiger partial charge is 0.507 e. The van der Waals surface area contributed by atoms with Gasteiger partial charge in [-0.05, 0) is 67.0 Å². The monoisotopic (exact) mass is 636 g/mol. The minimum atomic E-state index is -1.19. The van der Waals surface area contributed by atoms with E-state index in [1.165, 1.54) is 11.8 Å². The van der Waals surface area contributed by atoms with Crippen molar-refractivity contribution in [2.75, 3.05) is 19.6 Å². The Kier molecular flexibility index (Phi) is 8.11. The Bertz CT molecular complexity index is 1740. The van der Waals surface area contributed by atoms with Crippen LogP contribution in [0.5, 0.6) is 5.75 Å². The zero-order chi connectivity index (χ0) is 32.8. The second kappa shape index (κ2) is 12.3. The van der Waals surface area contributed by atoms with Crippen molar-refractivity contribution >= 4 is 23.3 Å². The highest BCUT2D eigenvalue weighted by Crippen LogP contribution is 2.59. The number of urea groups is 1. The van der Waals surface area contributed by atoms with E-state index in [2.05, 4.69) is 33.0 Å². The Hall–Kier alpha value is -4.51. The number of phenols is 1. The molecule has 1 saturated heterocycles. The number of benzene rings is 3. The molecule has 3 aromatic rings. The maximum Gasteiger partial charge on any atom is 0.321 e. The van der Waals surface area contributed by atoms with Gasteiger partial charge in [-0.3, -0.25) is 14.5 Å². The van der Waals surface area contributed by atoms with Crippen LogP contribution < -0.4 is 16.0 Å². The number of fused-ring (bicyclic) bond motifs is 1. The number of piperidine rings is 1. The summed E-state index contributed by atoms with van der Waals surface area (Å²) in [7, 11) is 0. The highest BCUT2D eigenvalue weighted by atomic mass is 16.3. The highest BCUT2D eigenvalue weighted by Gasteiger charge is 2.65. The normalized spacial score (nSPS) is 26.7. The van der Waals surface area contributed by atoms with Crippen LogP contribution in [0.25, 0.3) is 5.57 Å². The van der Waals surface area contributed by atoms with Gasteiger partial charge in [0.1, 0.15) is 11.5 Å². The van der Waals surface area contributed by atoms with Crippen LogP contribution in [0.3, 0.4) is 0 Å². The summed E-state index contributed by atoms with van der Waals surface area (Å²) in [6.45, 7) is 1.81. The number of aromatic hydroxyl groups is 1. The van der Waals surface area contributed by atoms with Crippen LogP contribution in [0.15, 0.2) is 72.9 Å². The number of aliphatic hydroxyl groups is 2. The standard InChI is InChI=1S/C37H40N4O6/c42-27-12-15-37(47)30-20-26-10-11-28(32(43)31(26)36(37,21-27)16-19-41(30)18-14-23-4-2-1-3-5-23)33(44)38-17-13-24-6-8-25(9-7-24)29-22-39-35(46)40-34(29)45/h1-11,22,30,34,43,45,47H,12-21H2,(H,38,44)(H2,39,40,46)/t30-,34?,36-,37-/m1/s1. The van der Waals surface area contributed by atoms with Gasteiger partial charge in [0.15, 0.2) is 6.23 Å². The number of rotatable bonds is 8. The van der Waals surface area contributed by atoms with E-state index >= 15 is 0 Å². The topological polar surface area (TPSA) is 151 Å². The molecule has 7 rings (SSSR count). The minimum absolute atomic E-state index is 0.0783. The van der Waals surface area contributed by atoms with Crippen molar-refractivity contribution in [2.24, 2.45) is 0 Å². The maximum absolute atomic E-state index is 13.4. The average molecular weight is 637 g/mol. The third-order valence-electron chi connectivity index (χ3n) is 10.8. The number of Topliss-reactive ketones (excluding diaryl/α,β-unsaturated/α-hetero) is 1. The van der Waals surface area contributed by atoms with E-state index in [0.29, 0.717) is 56.3 Å². The number of carbonyl (C=O) groups is 3. The minimum Gasteiger partial charge on any atom is -0.507 e. The molecule has 0 radical (unpaired) electrons. The summed E-state index contributed by atoms with van der Waals surface area (Å²) in [5, 5.41) is 42.2. The Morgan fingerprint density at radius 2 is 1.74 bits per heavy atom. The van der Waals surface area contributed by atoms with Crippen LogP contribution in [-0.2, 0) is 29.5 Å². The first-order valence-corrected chi connectivity index (χ1v) is 16.4. The first-order chi connectivity index (χ1) is 22.7. The highest BCUT2D eigenvalue weighted by molar-refractivity contribution is 5.98. The summed E-state index contributed by atoms with van der Waals surface area (Å²) in [5.74, 6) is -0.466. The average Bonchev–Trinajstić information content (AvgIpc) is 3.05. The molecule has 0 spiro atoms. The zero-order valence-electron chi connectivity index (χ0n) is 26.2. The van der Waals surface area contributed by atoms with Gasteiger partial charge in [-0.25, -0.2) is 4.79 Å². The van der Waals surface area contributed by atoms with Crippen molar-refractivity contribution in [3.63, 3.8) is 0 Å². The van der Waals surface area contributed by atoms with E-state index in [-0.39, 0.29) is 29.6 Å². The Morgan fingerprint density at radius 3 is 2.51 bits per heavy atom. The van der Waals surface area contributed by atoms with Gasteiger partial charge in [-0.1, -0.05) is 60.7 Å². The second-order valence-electron chi connectivity index (χ2n) is 13.3. The fraction of sp³-hybridized carbons (Fsp3) is 0.378. The number of hydrogen-bond acceptors (Lipinski definition) is 7. The quantitative estimate of drug-likeness (QED) is 0.223. The molecule has 47 heavy (non-hydrogen) atoms. The van der Waals surface area contributed by atoms with Crippen molar-refractivity contribution in [3.05, 3.63) is 106 Å². The smallest absolute Gasteiger partial charge is 0.321 e. The number of amides is 3. The lowest BCUT2D eigenvalue weighted by Crippen LogP contribution is -2.73. The van der Waals surface area contributed by atoms with Crippen molar-refractivity contribution in [2.45, 2.75) is 68.2 Å². The predicted molar refractivity (Wildman–Crippen MR) is 176 cm³/mol. The molecular weight excluding hydrogens is 596 g/mol. The van der Waals surface area contributed by atoms with Crippen molar-refractivity contribution in [1.29, 1.82) is 0 Å². The van der Waals surface area contributed by atoms with E-state index in [4.69, 9.17) is 0 Å². The molecule has 1 unspecified atom stereocenters. The van der Waals surface area contributed by atoms with Gasteiger partial charge in [0.25, 0.3) is 5.91 Å². The molecular formula is C37H40N4O6. The van der Waals surface area contributed by atoms with Crippen molar-refractivity contribution < 1.29 is 29.7 Å². The Morgan fingerprint density at radius 1 is 0.979 bits per heavy atom.